The van der Waals surface area contributed by atoms with Crippen molar-refractivity contribution in [3.63, 3.8) is 0 Å². The van der Waals surface area contributed by atoms with Gasteiger partial charge >= 0.3 is 0 Å². The number of carbonyl (C=O) groups is 2. The number of carbonyl (C=O) groups excluding carboxylic acids is 2. The van der Waals surface area contributed by atoms with E-state index in [4.69, 9.17) is 11.6 Å². The van der Waals surface area contributed by atoms with Crippen LogP contribution in [-0.2, 0) is 26.2 Å². The lowest BCUT2D eigenvalue weighted by Crippen LogP contribution is -2.52. The van der Waals surface area contributed by atoms with Gasteiger partial charge < -0.3 is 10.2 Å². The second kappa shape index (κ2) is 13.2. The van der Waals surface area contributed by atoms with Crippen molar-refractivity contribution in [1.29, 1.82) is 0 Å². The Morgan fingerprint density at radius 3 is 2.35 bits per heavy atom. The second-order valence-corrected chi connectivity index (χ2v) is 13.3. The van der Waals surface area contributed by atoms with Crippen molar-refractivity contribution in [3.8, 4) is 0 Å². The highest BCUT2D eigenvalue weighted by atomic mass is 79.9. The van der Waals surface area contributed by atoms with Crippen LogP contribution in [0.4, 0.5) is 5.69 Å². The van der Waals surface area contributed by atoms with Gasteiger partial charge in [0, 0.05) is 22.1 Å². The Labute approximate surface area is 249 Å². The Balaban J connectivity index is 1.69. The van der Waals surface area contributed by atoms with Crippen LogP contribution in [0.5, 0.6) is 0 Å². The largest absolute Gasteiger partial charge is 0.352 e. The average molecular weight is 647 g/mol. The zero-order valence-corrected chi connectivity index (χ0v) is 25.7. The fraction of sp³-hybridized carbons (Fsp3) is 0.333. The van der Waals surface area contributed by atoms with Crippen LogP contribution in [0.2, 0.25) is 5.02 Å². The SMILES string of the molecule is Cc1cccc(N(CC(=O)N(Cc2cccc(Br)c2)[C@H](C)C(=O)NC2CCCC2)S(=O)(=O)c2ccc(Cl)cc2)c1. The molecular formula is C30H33BrClN3O4S. The minimum atomic E-state index is -4.14. The van der Waals surface area contributed by atoms with Gasteiger partial charge in [0.05, 0.1) is 10.6 Å². The van der Waals surface area contributed by atoms with Crippen LogP contribution in [0.3, 0.4) is 0 Å². The second-order valence-electron chi connectivity index (χ2n) is 10.1. The number of amides is 2. The van der Waals surface area contributed by atoms with Gasteiger partial charge in [-0.1, -0.05) is 64.6 Å². The van der Waals surface area contributed by atoms with Gasteiger partial charge in [-0.05, 0) is 86.3 Å². The number of halogens is 2. The van der Waals surface area contributed by atoms with E-state index in [1.807, 2.05) is 37.3 Å². The zero-order valence-electron chi connectivity index (χ0n) is 22.5. The van der Waals surface area contributed by atoms with E-state index >= 15 is 0 Å². The van der Waals surface area contributed by atoms with Crippen molar-refractivity contribution in [2.75, 3.05) is 10.8 Å². The topological polar surface area (TPSA) is 86.8 Å². The highest BCUT2D eigenvalue weighted by Gasteiger charge is 2.33. The summed E-state index contributed by atoms with van der Waals surface area (Å²) in [6, 6.07) is 19.6. The molecule has 212 valence electrons. The van der Waals surface area contributed by atoms with Crippen LogP contribution in [0, 0.1) is 6.92 Å². The molecule has 3 aromatic carbocycles. The van der Waals surface area contributed by atoms with Gasteiger partial charge in [-0.15, -0.1) is 0 Å². The fourth-order valence-electron chi connectivity index (χ4n) is 4.85. The minimum absolute atomic E-state index is 0.0109. The van der Waals surface area contributed by atoms with E-state index in [0.29, 0.717) is 10.7 Å². The number of nitrogens with zero attached hydrogens (tertiary/aromatic N) is 2. The molecule has 1 saturated carbocycles. The Morgan fingerprint density at radius 2 is 1.70 bits per heavy atom. The fourth-order valence-corrected chi connectivity index (χ4v) is 6.83. The Morgan fingerprint density at radius 1 is 1.02 bits per heavy atom. The van der Waals surface area contributed by atoms with E-state index < -0.39 is 28.5 Å². The predicted molar refractivity (Wildman–Crippen MR) is 162 cm³/mol. The normalized spacial score (nSPS) is 14.5. The van der Waals surface area contributed by atoms with Crippen molar-refractivity contribution < 1.29 is 18.0 Å². The summed E-state index contributed by atoms with van der Waals surface area (Å²) >= 11 is 9.48. The van der Waals surface area contributed by atoms with E-state index in [1.54, 1.807) is 25.1 Å². The molecule has 0 aliphatic heterocycles. The number of benzene rings is 3. The van der Waals surface area contributed by atoms with Crippen molar-refractivity contribution in [1.82, 2.24) is 10.2 Å². The zero-order chi connectivity index (χ0) is 28.9. The van der Waals surface area contributed by atoms with Gasteiger partial charge in [0.2, 0.25) is 11.8 Å². The molecule has 1 N–H and O–H groups in total. The molecule has 0 radical (unpaired) electrons. The van der Waals surface area contributed by atoms with E-state index in [-0.39, 0.29) is 23.4 Å². The lowest BCUT2D eigenvalue weighted by Gasteiger charge is -2.32. The van der Waals surface area contributed by atoms with E-state index in [1.165, 1.54) is 29.2 Å². The molecule has 0 bridgehead atoms. The molecule has 10 heteroatoms. The predicted octanol–water partition coefficient (Wildman–Crippen LogP) is 6.08. The summed E-state index contributed by atoms with van der Waals surface area (Å²) in [5, 5.41) is 3.48. The Hall–Kier alpha value is -2.88. The van der Waals surface area contributed by atoms with Crippen LogP contribution in [-0.4, -0.2) is 43.8 Å². The standard InChI is InChI=1S/C30H33BrClN3O4S/c1-21-7-5-12-27(17-21)35(40(38,39)28-15-13-25(32)14-16-28)20-29(36)34(19-23-8-6-9-24(31)18-23)22(2)30(37)33-26-10-3-4-11-26/h5-9,12-18,22,26H,3-4,10-11,19-20H2,1-2H3,(H,33,37)/t22-/m1/s1. The molecule has 1 atom stereocenters. The van der Waals surface area contributed by atoms with Gasteiger partial charge in [-0.2, -0.15) is 0 Å². The monoisotopic (exact) mass is 645 g/mol. The number of nitrogens with one attached hydrogen (secondary N) is 1. The van der Waals surface area contributed by atoms with E-state index in [0.717, 1.165) is 45.6 Å². The third-order valence-corrected chi connectivity index (χ3v) is 9.61. The lowest BCUT2D eigenvalue weighted by atomic mass is 10.1. The molecule has 0 saturated heterocycles. The molecule has 4 rings (SSSR count). The van der Waals surface area contributed by atoms with Crippen molar-refractivity contribution >= 4 is 55.1 Å². The van der Waals surface area contributed by atoms with Gasteiger partial charge in [-0.3, -0.25) is 13.9 Å². The molecule has 0 heterocycles. The summed E-state index contributed by atoms with van der Waals surface area (Å²) < 4.78 is 29.7. The molecule has 0 unspecified atom stereocenters. The summed E-state index contributed by atoms with van der Waals surface area (Å²) in [5.41, 5.74) is 2.01. The summed E-state index contributed by atoms with van der Waals surface area (Å²) in [6.07, 6.45) is 3.96. The highest BCUT2D eigenvalue weighted by molar-refractivity contribution is 9.10. The third-order valence-electron chi connectivity index (χ3n) is 7.08. The summed E-state index contributed by atoms with van der Waals surface area (Å²) in [7, 11) is -4.14. The molecular weight excluding hydrogens is 614 g/mol. The van der Waals surface area contributed by atoms with Crippen LogP contribution < -0.4 is 9.62 Å². The van der Waals surface area contributed by atoms with Crippen LogP contribution in [0.1, 0.15) is 43.7 Å². The molecule has 2 amide bonds. The lowest BCUT2D eigenvalue weighted by molar-refractivity contribution is -0.139. The first-order chi connectivity index (χ1) is 19.0. The molecule has 1 aliphatic rings. The third kappa shape index (κ3) is 7.44. The molecule has 1 fully saturated rings. The smallest absolute Gasteiger partial charge is 0.264 e. The van der Waals surface area contributed by atoms with E-state index in [2.05, 4.69) is 21.2 Å². The summed E-state index contributed by atoms with van der Waals surface area (Å²) in [6.45, 7) is 3.20. The average Bonchev–Trinajstić information content (AvgIpc) is 3.43. The molecule has 40 heavy (non-hydrogen) atoms. The van der Waals surface area contributed by atoms with Crippen molar-refractivity contribution in [2.24, 2.45) is 0 Å². The number of anilines is 1. The maximum Gasteiger partial charge on any atom is 0.264 e. The van der Waals surface area contributed by atoms with Gasteiger partial charge in [0.15, 0.2) is 0 Å². The van der Waals surface area contributed by atoms with Gasteiger partial charge in [-0.25, -0.2) is 8.42 Å². The van der Waals surface area contributed by atoms with E-state index in [9.17, 15) is 18.0 Å². The maximum absolute atomic E-state index is 14.0. The van der Waals surface area contributed by atoms with Gasteiger partial charge in [0.25, 0.3) is 10.0 Å². The Bertz CT molecular complexity index is 1460. The van der Waals surface area contributed by atoms with Crippen LogP contribution >= 0.6 is 27.5 Å². The summed E-state index contributed by atoms with van der Waals surface area (Å²) in [5.74, 6) is -0.744. The minimum Gasteiger partial charge on any atom is -0.352 e. The Kier molecular flexibility index (Phi) is 9.92. The summed E-state index contributed by atoms with van der Waals surface area (Å²) in [4.78, 5) is 28.8. The number of sulfonamides is 1. The van der Waals surface area contributed by atoms with Crippen LogP contribution in [0.15, 0.2) is 82.2 Å². The molecule has 1 aliphatic carbocycles. The molecule has 0 spiro atoms. The first kappa shape index (κ1) is 30.1. The quantitative estimate of drug-likeness (QED) is 0.289. The highest BCUT2D eigenvalue weighted by Crippen LogP contribution is 2.27. The van der Waals surface area contributed by atoms with Crippen molar-refractivity contribution in [2.45, 2.75) is 63.1 Å². The number of hydrogen-bond donors (Lipinski definition) is 1. The maximum atomic E-state index is 14.0. The number of rotatable bonds is 10. The first-order valence-electron chi connectivity index (χ1n) is 13.2. The molecule has 3 aromatic rings. The molecule has 0 aromatic heterocycles. The van der Waals surface area contributed by atoms with Crippen molar-refractivity contribution in [3.05, 3.63) is 93.4 Å². The number of hydrogen-bond acceptors (Lipinski definition) is 4. The first-order valence-corrected chi connectivity index (χ1v) is 15.8. The van der Waals surface area contributed by atoms with Gasteiger partial charge in [0.1, 0.15) is 12.6 Å². The molecule has 7 nitrogen and oxygen atoms in total. The number of aryl methyl sites for hydroxylation is 1. The van der Waals surface area contributed by atoms with Crippen LogP contribution in [0.25, 0.3) is 0 Å².